The third-order valence-corrected chi connectivity index (χ3v) is 4.02. The molecule has 21 heavy (non-hydrogen) atoms. The molecular formula is C16H26N4O. The van der Waals surface area contributed by atoms with Crippen LogP contribution in [0.1, 0.15) is 33.6 Å². The van der Waals surface area contributed by atoms with Crippen LogP contribution in [0.25, 0.3) is 0 Å². The standard InChI is InChI=1S/C16H26N4O/c1-4-19(5-2)8-9-20-12-15(11-17-20)18-16(21)10-13(3)14-6-7-14/h10-12,14H,4-9H2,1-3H3,(H,18,21). The van der Waals surface area contributed by atoms with E-state index in [4.69, 9.17) is 0 Å². The Morgan fingerprint density at radius 1 is 1.48 bits per heavy atom. The Labute approximate surface area is 127 Å². The Hall–Kier alpha value is -1.62. The van der Waals surface area contributed by atoms with Gasteiger partial charge in [-0.3, -0.25) is 9.48 Å². The number of hydrogen-bond donors (Lipinski definition) is 1. The highest BCUT2D eigenvalue weighted by atomic mass is 16.1. The topological polar surface area (TPSA) is 50.2 Å². The maximum atomic E-state index is 11.9. The van der Waals surface area contributed by atoms with Crippen LogP contribution >= 0.6 is 0 Å². The summed E-state index contributed by atoms with van der Waals surface area (Å²) in [4.78, 5) is 14.2. The highest BCUT2D eigenvalue weighted by molar-refractivity contribution is 5.99. The van der Waals surface area contributed by atoms with Gasteiger partial charge >= 0.3 is 0 Å². The molecule has 5 nitrogen and oxygen atoms in total. The van der Waals surface area contributed by atoms with Crippen LogP contribution in [0, 0.1) is 5.92 Å². The minimum Gasteiger partial charge on any atom is -0.320 e. The number of rotatable bonds is 8. The number of allylic oxidation sites excluding steroid dienone is 1. The molecule has 1 aliphatic carbocycles. The van der Waals surface area contributed by atoms with E-state index in [1.807, 2.05) is 17.8 Å². The predicted molar refractivity (Wildman–Crippen MR) is 85.1 cm³/mol. The van der Waals surface area contributed by atoms with Gasteiger partial charge in [-0.2, -0.15) is 5.10 Å². The summed E-state index contributed by atoms with van der Waals surface area (Å²) in [7, 11) is 0. The van der Waals surface area contributed by atoms with Crippen molar-refractivity contribution in [1.29, 1.82) is 0 Å². The van der Waals surface area contributed by atoms with Crippen LogP contribution in [0.2, 0.25) is 0 Å². The Bertz CT molecular complexity index is 498. The van der Waals surface area contributed by atoms with Crippen molar-refractivity contribution in [3.63, 3.8) is 0 Å². The van der Waals surface area contributed by atoms with Crippen molar-refractivity contribution in [2.45, 2.75) is 40.2 Å². The molecule has 0 radical (unpaired) electrons. The second-order valence-electron chi connectivity index (χ2n) is 5.67. The Kier molecular flexibility index (Phi) is 5.56. The lowest BCUT2D eigenvalue weighted by atomic mass is 10.2. The Morgan fingerprint density at radius 2 is 2.19 bits per heavy atom. The zero-order chi connectivity index (χ0) is 15.2. The first kappa shape index (κ1) is 15.8. The van der Waals surface area contributed by atoms with Crippen molar-refractivity contribution in [3.05, 3.63) is 24.0 Å². The van der Waals surface area contributed by atoms with Gasteiger partial charge < -0.3 is 10.2 Å². The van der Waals surface area contributed by atoms with Crippen LogP contribution in [0.4, 0.5) is 5.69 Å². The number of carbonyl (C=O) groups is 1. The first-order chi connectivity index (χ1) is 10.1. The SMILES string of the molecule is CCN(CC)CCn1cc(NC(=O)C=C(C)C2CC2)cn1. The molecule has 1 heterocycles. The molecule has 0 unspecified atom stereocenters. The van der Waals surface area contributed by atoms with Gasteiger partial charge in [-0.05, 0) is 38.8 Å². The molecule has 0 spiro atoms. The van der Waals surface area contributed by atoms with Crippen molar-refractivity contribution >= 4 is 11.6 Å². The molecule has 1 saturated carbocycles. The molecule has 116 valence electrons. The average molecular weight is 290 g/mol. The van der Waals surface area contributed by atoms with Gasteiger partial charge in [-0.25, -0.2) is 0 Å². The smallest absolute Gasteiger partial charge is 0.248 e. The third-order valence-electron chi connectivity index (χ3n) is 4.02. The monoisotopic (exact) mass is 290 g/mol. The molecule has 0 saturated heterocycles. The summed E-state index contributed by atoms with van der Waals surface area (Å²) < 4.78 is 1.88. The first-order valence-corrected chi connectivity index (χ1v) is 7.86. The Balaban J connectivity index is 1.82. The van der Waals surface area contributed by atoms with Gasteiger partial charge in [-0.1, -0.05) is 19.4 Å². The number of amides is 1. The van der Waals surface area contributed by atoms with Gasteiger partial charge in [0, 0.05) is 18.8 Å². The summed E-state index contributed by atoms with van der Waals surface area (Å²) >= 11 is 0. The van der Waals surface area contributed by atoms with Gasteiger partial charge in [-0.15, -0.1) is 0 Å². The van der Waals surface area contributed by atoms with Crippen LogP contribution in [-0.2, 0) is 11.3 Å². The van der Waals surface area contributed by atoms with E-state index < -0.39 is 0 Å². The molecule has 2 rings (SSSR count). The maximum absolute atomic E-state index is 11.9. The Morgan fingerprint density at radius 3 is 2.81 bits per heavy atom. The zero-order valence-corrected chi connectivity index (χ0v) is 13.3. The van der Waals surface area contributed by atoms with Crippen molar-refractivity contribution < 1.29 is 4.79 Å². The summed E-state index contributed by atoms with van der Waals surface area (Å²) in [6, 6.07) is 0. The minimum atomic E-state index is -0.0531. The number of anilines is 1. The summed E-state index contributed by atoms with van der Waals surface area (Å²) in [5.74, 6) is 0.579. The number of hydrogen-bond acceptors (Lipinski definition) is 3. The van der Waals surface area contributed by atoms with Crippen molar-refractivity contribution in [2.24, 2.45) is 5.92 Å². The van der Waals surface area contributed by atoms with Gasteiger partial charge in [0.25, 0.3) is 0 Å². The van der Waals surface area contributed by atoms with E-state index in [1.165, 1.54) is 18.4 Å². The van der Waals surface area contributed by atoms with Crippen LogP contribution in [0.3, 0.4) is 0 Å². The normalized spacial score (nSPS) is 15.5. The number of nitrogens with zero attached hydrogens (tertiary/aromatic N) is 3. The van der Waals surface area contributed by atoms with E-state index >= 15 is 0 Å². The summed E-state index contributed by atoms with van der Waals surface area (Å²) in [6.07, 6.45) is 7.75. The van der Waals surface area contributed by atoms with Gasteiger partial charge in [0.05, 0.1) is 18.4 Å². The highest BCUT2D eigenvalue weighted by Gasteiger charge is 2.23. The van der Waals surface area contributed by atoms with Crippen LogP contribution < -0.4 is 5.32 Å². The molecule has 1 amide bonds. The van der Waals surface area contributed by atoms with Gasteiger partial charge in [0.1, 0.15) is 0 Å². The molecule has 0 atom stereocenters. The first-order valence-electron chi connectivity index (χ1n) is 7.86. The largest absolute Gasteiger partial charge is 0.320 e. The van der Waals surface area contributed by atoms with E-state index in [1.54, 1.807) is 12.3 Å². The number of aromatic nitrogens is 2. The summed E-state index contributed by atoms with van der Waals surface area (Å²) in [6.45, 7) is 10.3. The predicted octanol–water partition coefficient (Wildman–Crippen LogP) is 2.52. The van der Waals surface area contributed by atoms with Crippen LogP contribution in [-0.4, -0.2) is 40.2 Å². The third kappa shape index (κ3) is 5.01. The quantitative estimate of drug-likeness (QED) is 0.748. The van der Waals surface area contributed by atoms with Gasteiger partial charge in [0.15, 0.2) is 0 Å². The molecule has 1 aliphatic rings. The molecule has 0 aliphatic heterocycles. The van der Waals surface area contributed by atoms with Crippen LogP contribution in [0.5, 0.6) is 0 Å². The molecule has 1 aromatic rings. The van der Waals surface area contributed by atoms with E-state index in [2.05, 4.69) is 29.2 Å². The lowest BCUT2D eigenvalue weighted by Gasteiger charge is -2.17. The molecular weight excluding hydrogens is 264 g/mol. The van der Waals surface area contributed by atoms with E-state index in [9.17, 15) is 4.79 Å². The van der Waals surface area contributed by atoms with Crippen molar-refractivity contribution in [1.82, 2.24) is 14.7 Å². The van der Waals surface area contributed by atoms with E-state index in [-0.39, 0.29) is 5.91 Å². The molecule has 0 bridgehead atoms. The molecule has 1 aromatic heterocycles. The lowest BCUT2D eigenvalue weighted by Crippen LogP contribution is -2.27. The fourth-order valence-electron chi connectivity index (χ4n) is 2.38. The lowest BCUT2D eigenvalue weighted by molar-refractivity contribution is -0.112. The fourth-order valence-corrected chi connectivity index (χ4v) is 2.38. The fraction of sp³-hybridized carbons (Fsp3) is 0.625. The molecule has 1 fully saturated rings. The number of likely N-dealkylation sites (N-methyl/N-ethyl adjacent to an activating group) is 1. The molecule has 0 aromatic carbocycles. The zero-order valence-electron chi connectivity index (χ0n) is 13.3. The second-order valence-corrected chi connectivity index (χ2v) is 5.67. The van der Waals surface area contributed by atoms with E-state index in [0.29, 0.717) is 5.92 Å². The summed E-state index contributed by atoms with van der Waals surface area (Å²) in [5, 5.41) is 7.17. The van der Waals surface area contributed by atoms with Crippen molar-refractivity contribution in [2.75, 3.05) is 25.0 Å². The van der Waals surface area contributed by atoms with Crippen molar-refractivity contribution in [3.8, 4) is 0 Å². The molecule has 1 N–H and O–H groups in total. The summed E-state index contributed by atoms with van der Waals surface area (Å²) in [5.41, 5.74) is 1.95. The number of carbonyl (C=O) groups excluding carboxylic acids is 1. The average Bonchev–Trinajstić information content (AvgIpc) is 3.22. The highest BCUT2D eigenvalue weighted by Crippen LogP contribution is 2.35. The maximum Gasteiger partial charge on any atom is 0.248 e. The van der Waals surface area contributed by atoms with E-state index in [0.717, 1.165) is 31.9 Å². The molecule has 5 heteroatoms. The number of nitrogens with one attached hydrogen (secondary N) is 1. The minimum absolute atomic E-state index is 0.0531. The second kappa shape index (κ2) is 7.41. The van der Waals surface area contributed by atoms with Gasteiger partial charge in [0.2, 0.25) is 5.91 Å². The van der Waals surface area contributed by atoms with Crippen LogP contribution in [0.15, 0.2) is 24.0 Å².